The Bertz CT molecular complexity index is 1070. The molecule has 0 saturated heterocycles. The predicted octanol–water partition coefficient (Wildman–Crippen LogP) is 4.10. The van der Waals surface area contributed by atoms with Gasteiger partial charge in [0.15, 0.2) is 0 Å². The van der Waals surface area contributed by atoms with Crippen LogP contribution in [0.15, 0.2) is 54.7 Å². The molecule has 0 radical (unpaired) electrons. The highest BCUT2D eigenvalue weighted by atomic mass is 16.5. The number of aliphatic hydroxyl groups is 1. The fourth-order valence-corrected chi connectivity index (χ4v) is 3.14. The van der Waals surface area contributed by atoms with Gasteiger partial charge in [0.05, 0.1) is 36.8 Å². The summed E-state index contributed by atoms with van der Waals surface area (Å²) in [7, 11) is 1.65. The van der Waals surface area contributed by atoms with E-state index < -0.39 is 0 Å². The van der Waals surface area contributed by atoms with Crippen molar-refractivity contribution in [2.75, 3.05) is 7.11 Å². The number of methoxy groups -OCH3 is 1. The van der Waals surface area contributed by atoms with Crippen molar-refractivity contribution >= 4 is 10.9 Å². The third kappa shape index (κ3) is 2.82. The number of rotatable bonds is 4. The number of aliphatic hydroxyl groups excluding tert-OH is 1. The number of pyridine rings is 1. The lowest BCUT2D eigenvalue weighted by molar-refractivity contribution is 0.282. The molecule has 0 saturated carbocycles. The molecule has 0 bridgehead atoms. The van der Waals surface area contributed by atoms with Crippen LogP contribution in [0.5, 0.6) is 5.75 Å². The van der Waals surface area contributed by atoms with E-state index in [1.807, 2.05) is 42.5 Å². The third-order valence-corrected chi connectivity index (χ3v) is 4.56. The second-order valence-corrected chi connectivity index (χ2v) is 6.22. The summed E-state index contributed by atoms with van der Waals surface area (Å²) in [6, 6.07) is 15.8. The average Bonchev–Trinajstić information content (AvgIpc) is 3.17. The molecule has 0 atom stereocenters. The molecular formula is C21H19N3O2. The van der Waals surface area contributed by atoms with Crippen LogP contribution < -0.4 is 4.74 Å². The molecule has 0 aliphatic rings. The molecule has 130 valence electrons. The summed E-state index contributed by atoms with van der Waals surface area (Å²) < 4.78 is 5.23. The monoisotopic (exact) mass is 345 g/mol. The summed E-state index contributed by atoms with van der Waals surface area (Å²) in [6.45, 7) is 2.07. The van der Waals surface area contributed by atoms with Gasteiger partial charge >= 0.3 is 0 Å². The molecule has 0 aliphatic carbocycles. The first-order valence-electron chi connectivity index (χ1n) is 8.39. The summed E-state index contributed by atoms with van der Waals surface area (Å²) in [4.78, 5) is 4.81. The van der Waals surface area contributed by atoms with Gasteiger partial charge in [-0.3, -0.25) is 5.10 Å². The fourth-order valence-electron chi connectivity index (χ4n) is 3.14. The first-order valence-corrected chi connectivity index (χ1v) is 8.39. The molecule has 0 aliphatic heterocycles. The highest BCUT2D eigenvalue weighted by Crippen LogP contribution is 2.32. The molecule has 5 nitrogen and oxygen atoms in total. The Labute approximate surface area is 151 Å². The zero-order chi connectivity index (χ0) is 18.1. The lowest BCUT2D eigenvalue weighted by Gasteiger charge is -2.09. The molecule has 4 aromatic rings. The maximum atomic E-state index is 9.40. The highest BCUT2D eigenvalue weighted by Gasteiger charge is 2.13. The average molecular weight is 345 g/mol. The van der Waals surface area contributed by atoms with Crippen molar-refractivity contribution in [2.45, 2.75) is 13.5 Å². The number of hydrogen-bond acceptors (Lipinski definition) is 4. The van der Waals surface area contributed by atoms with Crippen LogP contribution in [0.1, 0.15) is 11.1 Å². The predicted molar refractivity (Wildman–Crippen MR) is 102 cm³/mol. The minimum Gasteiger partial charge on any atom is -0.497 e. The number of aromatic nitrogens is 3. The number of aryl methyl sites for hydroxylation is 1. The van der Waals surface area contributed by atoms with Crippen molar-refractivity contribution < 1.29 is 9.84 Å². The van der Waals surface area contributed by atoms with Crippen molar-refractivity contribution in [3.63, 3.8) is 0 Å². The van der Waals surface area contributed by atoms with Crippen molar-refractivity contribution in [1.82, 2.24) is 15.2 Å². The summed E-state index contributed by atoms with van der Waals surface area (Å²) in [5.74, 6) is 0.811. The van der Waals surface area contributed by atoms with E-state index in [2.05, 4.69) is 23.2 Å². The molecule has 4 rings (SSSR count). The van der Waals surface area contributed by atoms with Gasteiger partial charge in [0.25, 0.3) is 0 Å². The van der Waals surface area contributed by atoms with Crippen LogP contribution in [-0.4, -0.2) is 27.4 Å². The Kier molecular flexibility index (Phi) is 4.14. The quantitative estimate of drug-likeness (QED) is 0.584. The van der Waals surface area contributed by atoms with Crippen molar-refractivity contribution in [2.24, 2.45) is 0 Å². The van der Waals surface area contributed by atoms with Gasteiger partial charge in [-0.2, -0.15) is 5.10 Å². The smallest absolute Gasteiger partial charge is 0.118 e. The SMILES string of the molecule is COc1ccc(-c2[nH]ncc2-c2cc(C)c3ccc(CO)cc3n2)cc1. The second kappa shape index (κ2) is 6.61. The number of H-pyrrole nitrogens is 1. The molecule has 2 aromatic carbocycles. The lowest BCUT2D eigenvalue weighted by Crippen LogP contribution is -1.92. The van der Waals surface area contributed by atoms with Crippen LogP contribution in [0.2, 0.25) is 0 Å². The second-order valence-electron chi connectivity index (χ2n) is 6.22. The first-order chi connectivity index (χ1) is 12.7. The largest absolute Gasteiger partial charge is 0.497 e. The molecule has 2 N–H and O–H groups in total. The van der Waals surface area contributed by atoms with Crippen LogP contribution in [0.3, 0.4) is 0 Å². The van der Waals surface area contributed by atoms with E-state index >= 15 is 0 Å². The first kappa shape index (κ1) is 16.3. The minimum atomic E-state index is 0.00367. The van der Waals surface area contributed by atoms with Crippen LogP contribution in [0.4, 0.5) is 0 Å². The number of aromatic amines is 1. The maximum Gasteiger partial charge on any atom is 0.118 e. The molecule has 0 spiro atoms. The Morgan fingerprint density at radius 2 is 1.88 bits per heavy atom. The Balaban J connectivity index is 1.84. The van der Waals surface area contributed by atoms with Gasteiger partial charge in [-0.05, 0) is 54.4 Å². The van der Waals surface area contributed by atoms with Crippen molar-refractivity contribution in [1.29, 1.82) is 0 Å². The Hall–Kier alpha value is -3.18. The fraction of sp³-hybridized carbons (Fsp3) is 0.143. The van der Waals surface area contributed by atoms with E-state index in [9.17, 15) is 5.11 Å². The molecule has 0 amide bonds. The number of nitrogens with zero attached hydrogens (tertiary/aromatic N) is 2. The van der Waals surface area contributed by atoms with E-state index in [0.29, 0.717) is 0 Å². The van der Waals surface area contributed by atoms with Gasteiger partial charge in [-0.25, -0.2) is 4.98 Å². The van der Waals surface area contributed by atoms with E-state index in [1.165, 1.54) is 0 Å². The summed E-state index contributed by atoms with van der Waals surface area (Å²) in [5, 5.41) is 17.8. The van der Waals surface area contributed by atoms with Crippen molar-refractivity contribution in [3.05, 3.63) is 65.9 Å². The topological polar surface area (TPSA) is 71.0 Å². The zero-order valence-electron chi connectivity index (χ0n) is 14.7. The van der Waals surface area contributed by atoms with E-state index in [1.54, 1.807) is 13.3 Å². The minimum absolute atomic E-state index is 0.00367. The number of ether oxygens (including phenoxy) is 1. The number of nitrogens with one attached hydrogen (secondary N) is 1. The number of hydrogen-bond donors (Lipinski definition) is 2. The molecule has 2 aromatic heterocycles. The highest BCUT2D eigenvalue weighted by molar-refractivity contribution is 5.88. The van der Waals surface area contributed by atoms with Crippen LogP contribution in [-0.2, 0) is 6.61 Å². The lowest BCUT2D eigenvalue weighted by atomic mass is 10.0. The van der Waals surface area contributed by atoms with Crippen molar-refractivity contribution in [3.8, 4) is 28.3 Å². The normalized spacial score (nSPS) is 11.0. The van der Waals surface area contributed by atoms with Gasteiger partial charge in [0.1, 0.15) is 5.75 Å². The summed E-state index contributed by atoms with van der Waals surface area (Å²) in [5.41, 5.74) is 6.58. The molecule has 26 heavy (non-hydrogen) atoms. The Morgan fingerprint density at radius 1 is 1.08 bits per heavy atom. The van der Waals surface area contributed by atoms with Crippen LogP contribution in [0, 0.1) is 6.92 Å². The van der Waals surface area contributed by atoms with Gasteiger partial charge in [0, 0.05) is 16.5 Å². The summed E-state index contributed by atoms with van der Waals surface area (Å²) in [6.07, 6.45) is 1.79. The Morgan fingerprint density at radius 3 is 2.62 bits per heavy atom. The standard InChI is InChI=1S/C21H19N3O2/c1-13-9-19(23-20-10-14(12-25)3-8-17(13)20)18-11-22-24-21(18)15-4-6-16(26-2)7-5-15/h3-11,25H,12H2,1-2H3,(H,22,24). The van der Waals surface area contributed by atoms with Gasteiger partial charge < -0.3 is 9.84 Å². The summed E-state index contributed by atoms with van der Waals surface area (Å²) >= 11 is 0. The maximum absolute atomic E-state index is 9.40. The third-order valence-electron chi connectivity index (χ3n) is 4.56. The number of fused-ring (bicyclic) bond motifs is 1. The van der Waals surface area contributed by atoms with Gasteiger partial charge in [0.2, 0.25) is 0 Å². The van der Waals surface area contributed by atoms with E-state index in [-0.39, 0.29) is 6.61 Å². The molecule has 2 heterocycles. The van der Waals surface area contributed by atoms with Crippen LogP contribution >= 0.6 is 0 Å². The van der Waals surface area contributed by atoms with E-state index in [0.717, 1.165) is 50.3 Å². The molecule has 0 fully saturated rings. The molecular weight excluding hydrogens is 326 g/mol. The van der Waals surface area contributed by atoms with Crippen LogP contribution in [0.25, 0.3) is 33.4 Å². The molecule has 0 unspecified atom stereocenters. The van der Waals surface area contributed by atoms with Gasteiger partial charge in [-0.15, -0.1) is 0 Å². The molecule has 5 heteroatoms. The zero-order valence-corrected chi connectivity index (χ0v) is 14.7. The van der Waals surface area contributed by atoms with E-state index in [4.69, 9.17) is 9.72 Å². The van der Waals surface area contributed by atoms with Gasteiger partial charge in [-0.1, -0.05) is 12.1 Å². The number of benzene rings is 2.